The van der Waals surface area contributed by atoms with Crippen LogP contribution < -0.4 is 4.90 Å². The van der Waals surface area contributed by atoms with Crippen LogP contribution in [-0.4, -0.2) is 9.13 Å². The first kappa shape index (κ1) is 32.8. The second kappa shape index (κ2) is 13.6. The molecular weight excluding hydrogens is 691 g/mol. The molecule has 0 fully saturated rings. The average Bonchev–Trinajstić information content (AvgIpc) is 3.81. The third-order valence-corrected chi connectivity index (χ3v) is 11.3. The van der Waals surface area contributed by atoms with Gasteiger partial charge in [-0.3, -0.25) is 0 Å². The van der Waals surface area contributed by atoms with Crippen molar-refractivity contribution >= 4 is 60.7 Å². The van der Waals surface area contributed by atoms with E-state index >= 15 is 0 Å². The molecule has 0 spiro atoms. The van der Waals surface area contributed by atoms with Gasteiger partial charge in [-0.25, -0.2) is 0 Å². The van der Waals surface area contributed by atoms with Gasteiger partial charge in [0.2, 0.25) is 0 Å². The van der Waals surface area contributed by atoms with Crippen molar-refractivity contribution in [3.8, 4) is 33.6 Å². The monoisotopic (exact) mass is 727 g/mol. The maximum Gasteiger partial charge on any atom is 0.0619 e. The molecule has 0 amide bonds. The van der Waals surface area contributed by atoms with E-state index in [9.17, 15) is 0 Å². The number of para-hydroxylation sites is 5. The zero-order valence-electron chi connectivity index (χ0n) is 31.2. The van der Waals surface area contributed by atoms with Crippen LogP contribution in [0, 0.1) is 0 Å². The van der Waals surface area contributed by atoms with Crippen LogP contribution in [0.4, 0.5) is 17.1 Å². The average molecular weight is 728 g/mol. The van der Waals surface area contributed by atoms with Gasteiger partial charge < -0.3 is 14.0 Å². The van der Waals surface area contributed by atoms with Gasteiger partial charge in [0.05, 0.1) is 22.1 Å². The Balaban J connectivity index is 1.03. The molecule has 0 aliphatic carbocycles. The number of rotatable bonds is 7. The molecule has 57 heavy (non-hydrogen) atoms. The van der Waals surface area contributed by atoms with E-state index < -0.39 is 0 Å². The fraction of sp³-hybridized carbons (Fsp3) is 0. The Morgan fingerprint density at radius 3 is 1.25 bits per heavy atom. The van der Waals surface area contributed by atoms with Crippen molar-refractivity contribution in [3.63, 3.8) is 0 Å². The van der Waals surface area contributed by atoms with Crippen molar-refractivity contribution in [2.75, 3.05) is 4.90 Å². The molecule has 0 saturated heterocycles. The van der Waals surface area contributed by atoms with Crippen LogP contribution in [-0.2, 0) is 0 Å². The van der Waals surface area contributed by atoms with E-state index in [1.165, 1.54) is 65.9 Å². The van der Waals surface area contributed by atoms with Crippen LogP contribution in [0.5, 0.6) is 0 Å². The maximum absolute atomic E-state index is 2.41. The van der Waals surface area contributed by atoms with Gasteiger partial charge in [-0.1, -0.05) is 146 Å². The largest absolute Gasteiger partial charge is 0.311 e. The Kier molecular flexibility index (Phi) is 7.82. The molecule has 3 heteroatoms. The van der Waals surface area contributed by atoms with E-state index in [1.807, 2.05) is 0 Å². The third-order valence-electron chi connectivity index (χ3n) is 11.3. The second-order valence-electron chi connectivity index (χ2n) is 14.6. The van der Waals surface area contributed by atoms with Crippen molar-refractivity contribution in [3.05, 3.63) is 224 Å². The Hall–Kier alpha value is -7.62. The highest BCUT2D eigenvalue weighted by molar-refractivity contribution is 6.14. The van der Waals surface area contributed by atoms with E-state index in [0.717, 1.165) is 28.4 Å². The van der Waals surface area contributed by atoms with Gasteiger partial charge in [-0.15, -0.1) is 0 Å². The predicted molar refractivity (Wildman–Crippen MR) is 241 cm³/mol. The van der Waals surface area contributed by atoms with E-state index in [4.69, 9.17) is 0 Å². The van der Waals surface area contributed by atoms with Gasteiger partial charge in [0.25, 0.3) is 0 Å². The summed E-state index contributed by atoms with van der Waals surface area (Å²) in [7, 11) is 0. The maximum atomic E-state index is 2.41. The molecule has 0 bridgehead atoms. The fourth-order valence-electron chi connectivity index (χ4n) is 8.72. The van der Waals surface area contributed by atoms with Crippen LogP contribution in [0.2, 0.25) is 0 Å². The van der Waals surface area contributed by atoms with Gasteiger partial charge in [0, 0.05) is 55.5 Å². The normalized spacial score (nSPS) is 11.5. The number of anilines is 3. The van der Waals surface area contributed by atoms with Gasteiger partial charge in [0.15, 0.2) is 0 Å². The number of hydrogen-bond acceptors (Lipinski definition) is 1. The molecule has 0 aliphatic rings. The summed E-state index contributed by atoms with van der Waals surface area (Å²) in [5, 5.41) is 5.03. The Morgan fingerprint density at radius 2 is 0.667 bits per heavy atom. The molecule has 0 unspecified atom stereocenters. The van der Waals surface area contributed by atoms with E-state index in [1.54, 1.807) is 0 Å². The summed E-state index contributed by atoms with van der Waals surface area (Å²) >= 11 is 0. The molecule has 0 N–H and O–H groups in total. The van der Waals surface area contributed by atoms with Gasteiger partial charge in [0.1, 0.15) is 0 Å². The number of benzene rings is 9. The lowest BCUT2D eigenvalue weighted by molar-refractivity contribution is 1.17. The molecular formula is C54H37N3. The summed E-state index contributed by atoms with van der Waals surface area (Å²) in [5.41, 5.74) is 15.2. The first-order valence-corrected chi connectivity index (χ1v) is 19.5. The van der Waals surface area contributed by atoms with Crippen molar-refractivity contribution in [1.29, 1.82) is 0 Å². The summed E-state index contributed by atoms with van der Waals surface area (Å²) in [4.78, 5) is 2.36. The molecule has 0 aliphatic heterocycles. The van der Waals surface area contributed by atoms with E-state index in [-0.39, 0.29) is 0 Å². The van der Waals surface area contributed by atoms with Crippen molar-refractivity contribution < 1.29 is 0 Å². The molecule has 11 rings (SSSR count). The van der Waals surface area contributed by atoms with Crippen molar-refractivity contribution in [2.24, 2.45) is 0 Å². The summed E-state index contributed by atoms with van der Waals surface area (Å²) in [6, 6.07) is 81.0. The van der Waals surface area contributed by atoms with Crippen molar-refractivity contribution in [1.82, 2.24) is 9.13 Å². The summed E-state index contributed by atoms with van der Waals surface area (Å²) < 4.78 is 4.78. The zero-order chi connectivity index (χ0) is 37.7. The Bertz CT molecular complexity index is 3140. The molecule has 3 nitrogen and oxygen atoms in total. The number of aromatic nitrogens is 2. The van der Waals surface area contributed by atoms with E-state index in [2.05, 4.69) is 238 Å². The number of fused-ring (bicyclic) bond motifs is 6. The number of nitrogens with zero attached hydrogens (tertiary/aromatic N) is 3. The van der Waals surface area contributed by atoms with Crippen LogP contribution in [0.1, 0.15) is 0 Å². The summed E-state index contributed by atoms with van der Waals surface area (Å²) in [6.45, 7) is 0. The molecule has 2 aromatic heterocycles. The Labute approximate surface area is 331 Å². The lowest BCUT2D eigenvalue weighted by Gasteiger charge is -2.26. The third kappa shape index (κ3) is 5.51. The molecule has 2 heterocycles. The molecule has 268 valence electrons. The minimum absolute atomic E-state index is 1.09. The second-order valence-corrected chi connectivity index (χ2v) is 14.6. The molecule has 0 atom stereocenters. The van der Waals surface area contributed by atoms with Crippen LogP contribution in [0.15, 0.2) is 224 Å². The van der Waals surface area contributed by atoms with Gasteiger partial charge >= 0.3 is 0 Å². The highest BCUT2D eigenvalue weighted by atomic mass is 15.1. The first-order chi connectivity index (χ1) is 28.3. The number of hydrogen-bond donors (Lipinski definition) is 0. The molecule has 0 saturated carbocycles. The first-order valence-electron chi connectivity index (χ1n) is 19.5. The lowest BCUT2D eigenvalue weighted by atomic mass is 10.0. The molecule has 11 aromatic rings. The smallest absolute Gasteiger partial charge is 0.0619 e. The predicted octanol–water partition coefficient (Wildman–Crippen LogP) is 14.7. The summed E-state index contributed by atoms with van der Waals surface area (Å²) in [5.74, 6) is 0. The highest BCUT2D eigenvalue weighted by Crippen LogP contribution is 2.41. The van der Waals surface area contributed by atoms with E-state index in [0.29, 0.717) is 0 Å². The minimum Gasteiger partial charge on any atom is -0.311 e. The van der Waals surface area contributed by atoms with Crippen LogP contribution in [0.25, 0.3) is 77.2 Å². The standard InChI is InChI=1S/C54H37N3/c1-3-14-38(15-4-1)39-26-30-42(31-27-39)55(44-34-36-45(37-35-44)56-51-23-10-7-18-47(51)48-19-8-11-24-52(48)56)43-32-28-40(29-33-43)46-21-13-22-50-49-20-9-12-25-53(49)57(54(46)50)41-16-5-2-6-17-41/h1-37H. The SMILES string of the molecule is c1ccc(-c2ccc(N(c3ccc(-c4cccc5c6ccccc6n(-c6ccccc6)c45)cc3)c3ccc(-n4c5ccccc5c5ccccc54)cc3)cc2)cc1. The fourth-order valence-corrected chi connectivity index (χ4v) is 8.72. The van der Waals surface area contributed by atoms with Gasteiger partial charge in [-0.05, 0) is 95.6 Å². The molecule has 0 radical (unpaired) electrons. The summed E-state index contributed by atoms with van der Waals surface area (Å²) in [6.07, 6.45) is 0. The quantitative estimate of drug-likeness (QED) is 0.159. The Morgan fingerprint density at radius 1 is 0.263 bits per heavy atom. The van der Waals surface area contributed by atoms with Crippen molar-refractivity contribution in [2.45, 2.75) is 0 Å². The lowest BCUT2D eigenvalue weighted by Crippen LogP contribution is -2.10. The molecule has 9 aromatic carbocycles. The highest BCUT2D eigenvalue weighted by Gasteiger charge is 2.19. The minimum atomic E-state index is 1.09. The topological polar surface area (TPSA) is 13.1 Å². The van der Waals surface area contributed by atoms with Crippen LogP contribution in [0.3, 0.4) is 0 Å². The zero-order valence-corrected chi connectivity index (χ0v) is 31.2. The van der Waals surface area contributed by atoms with Crippen LogP contribution >= 0.6 is 0 Å². The van der Waals surface area contributed by atoms with Gasteiger partial charge in [-0.2, -0.15) is 0 Å².